The Hall–Kier alpha value is -0.500. The van der Waals surface area contributed by atoms with Crippen LogP contribution in [0.3, 0.4) is 0 Å². The second-order valence-corrected chi connectivity index (χ2v) is 2.44. The van der Waals surface area contributed by atoms with E-state index in [0.29, 0.717) is 0 Å². The van der Waals surface area contributed by atoms with Crippen molar-refractivity contribution in [1.29, 1.82) is 0 Å². The molecule has 2 heteroatoms. The molecule has 1 saturated carbocycles. The molecule has 0 unspecified atom stereocenters. The van der Waals surface area contributed by atoms with Crippen LogP contribution in [-0.2, 0) is 4.74 Å². The van der Waals surface area contributed by atoms with Gasteiger partial charge in [0.05, 0.1) is 6.26 Å². The smallest absolute Gasteiger partial charge is 0.207 e. The fourth-order valence-electron chi connectivity index (χ4n) is 1.20. The summed E-state index contributed by atoms with van der Waals surface area (Å²) in [7, 11) is 0. The fraction of sp³-hybridized carbons (Fsp3) is 0.714. The van der Waals surface area contributed by atoms with E-state index in [1.165, 1.54) is 6.26 Å². The molecule has 1 rings (SSSR count). The topological polar surface area (TPSA) is 29.5 Å². The monoisotopic (exact) mass is 128 g/mol. The zero-order valence-corrected chi connectivity index (χ0v) is 5.47. The number of rotatable bonds is 2. The van der Waals surface area contributed by atoms with Crippen LogP contribution >= 0.6 is 0 Å². The Morgan fingerprint density at radius 2 is 2.00 bits per heavy atom. The van der Waals surface area contributed by atoms with Crippen LogP contribution in [-0.4, -0.2) is 10.9 Å². The molecule has 0 aromatic rings. The molecule has 0 aromatic heterocycles. The van der Waals surface area contributed by atoms with E-state index in [2.05, 4.69) is 6.58 Å². The van der Waals surface area contributed by atoms with Gasteiger partial charge in [0.15, 0.2) is 0 Å². The van der Waals surface area contributed by atoms with E-state index in [1.54, 1.807) is 0 Å². The molecule has 1 fully saturated rings. The predicted molar refractivity (Wildman–Crippen MR) is 34.7 cm³/mol. The van der Waals surface area contributed by atoms with Crippen molar-refractivity contribution in [3.05, 3.63) is 12.8 Å². The van der Waals surface area contributed by atoms with Crippen molar-refractivity contribution >= 4 is 0 Å². The van der Waals surface area contributed by atoms with Gasteiger partial charge in [-0.3, -0.25) is 0 Å². The zero-order chi connectivity index (χ0) is 6.74. The first kappa shape index (κ1) is 6.62. The maximum atomic E-state index is 9.40. The van der Waals surface area contributed by atoms with Gasteiger partial charge in [0.2, 0.25) is 5.79 Å². The maximum absolute atomic E-state index is 9.40. The normalized spacial score (nSPS) is 23.7. The highest BCUT2D eigenvalue weighted by Gasteiger charge is 2.31. The number of hydrogen-bond acceptors (Lipinski definition) is 2. The van der Waals surface area contributed by atoms with E-state index in [1.807, 2.05) is 0 Å². The number of hydrogen-bond donors (Lipinski definition) is 1. The first-order valence-electron chi connectivity index (χ1n) is 3.28. The van der Waals surface area contributed by atoms with Crippen LogP contribution in [0.1, 0.15) is 25.7 Å². The van der Waals surface area contributed by atoms with E-state index in [4.69, 9.17) is 4.74 Å². The second-order valence-electron chi connectivity index (χ2n) is 2.44. The summed E-state index contributed by atoms with van der Waals surface area (Å²) in [5.74, 6) is -0.873. The van der Waals surface area contributed by atoms with E-state index in [9.17, 15) is 5.11 Å². The lowest BCUT2D eigenvalue weighted by Gasteiger charge is -2.20. The first-order valence-corrected chi connectivity index (χ1v) is 3.28. The lowest BCUT2D eigenvalue weighted by Crippen LogP contribution is -2.25. The summed E-state index contributed by atoms with van der Waals surface area (Å²) < 4.78 is 4.91. The van der Waals surface area contributed by atoms with Crippen molar-refractivity contribution in [2.24, 2.45) is 0 Å². The molecule has 0 saturated heterocycles. The Balaban J connectivity index is 2.40. The van der Waals surface area contributed by atoms with Gasteiger partial charge >= 0.3 is 0 Å². The van der Waals surface area contributed by atoms with Gasteiger partial charge < -0.3 is 9.84 Å². The van der Waals surface area contributed by atoms with Gasteiger partial charge in [0.25, 0.3) is 0 Å². The van der Waals surface area contributed by atoms with Crippen LogP contribution in [0.15, 0.2) is 12.8 Å². The predicted octanol–water partition coefficient (Wildman–Crippen LogP) is 1.41. The molecule has 0 aromatic carbocycles. The van der Waals surface area contributed by atoms with E-state index in [0.717, 1.165) is 25.7 Å². The van der Waals surface area contributed by atoms with Crippen LogP contribution in [0.4, 0.5) is 0 Å². The standard InChI is InChI=1S/C7H12O2/c1-2-9-7(8)5-3-4-6-7/h2,8H,1,3-6H2. The van der Waals surface area contributed by atoms with Crippen LogP contribution in [0.5, 0.6) is 0 Å². The highest BCUT2D eigenvalue weighted by atomic mass is 16.6. The molecule has 0 atom stereocenters. The lowest BCUT2D eigenvalue weighted by molar-refractivity contribution is -0.159. The summed E-state index contributed by atoms with van der Waals surface area (Å²) in [6.07, 6.45) is 4.93. The van der Waals surface area contributed by atoms with Crippen molar-refractivity contribution in [3.8, 4) is 0 Å². The largest absolute Gasteiger partial charge is 0.471 e. The molecule has 1 N–H and O–H groups in total. The number of ether oxygens (including phenoxy) is 1. The van der Waals surface area contributed by atoms with Crippen LogP contribution in [0, 0.1) is 0 Å². The van der Waals surface area contributed by atoms with Gasteiger partial charge in [0, 0.05) is 12.8 Å². The van der Waals surface area contributed by atoms with Gasteiger partial charge in [-0.2, -0.15) is 0 Å². The molecule has 1 aliphatic rings. The molecule has 52 valence electrons. The minimum absolute atomic E-state index is 0.749. The summed E-state index contributed by atoms with van der Waals surface area (Å²) in [5, 5.41) is 9.40. The summed E-state index contributed by atoms with van der Waals surface area (Å²) in [5.41, 5.74) is 0. The molecule has 0 amide bonds. The quantitative estimate of drug-likeness (QED) is 0.450. The van der Waals surface area contributed by atoms with Crippen molar-refractivity contribution in [3.63, 3.8) is 0 Å². The third-order valence-corrected chi connectivity index (χ3v) is 1.69. The molecule has 0 bridgehead atoms. The molecule has 2 nitrogen and oxygen atoms in total. The van der Waals surface area contributed by atoms with Gasteiger partial charge in [0.1, 0.15) is 0 Å². The highest BCUT2D eigenvalue weighted by molar-refractivity contribution is 4.76. The summed E-state index contributed by atoms with van der Waals surface area (Å²) in [6.45, 7) is 3.39. The molecule has 1 aliphatic carbocycles. The van der Waals surface area contributed by atoms with E-state index >= 15 is 0 Å². The fourth-order valence-corrected chi connectivity index (χ4v) is 1.20. The minimum atomic E-state index is -0.873. The van der Waals surface area contributed by atoms with Crippen molar-refractivity contribution in [2.75, 3.05) is 0 Å². The Kier molecular flexibility index (Phi) is 1.76. The van der Waals surface area contributed by atoms with Crippen LogP contribution in [0.2, 0.25) is 0 Å². The molecular weight excluding hydrogens is 116 g/mol. The van der Waals surface area contributed by atoms with Crippen molar-refractivity contribution < 1.29 is 9.84 Å². The Bertz CT molecular complexity index is 103. The minimum Gasteiger partial charge on any atom is -0.471 e. The van der Waals surface area contributed by atoms with Crippen LogP contribution in [0.25, 0.3) is 0 Å². The Morgan fingerprint density at radius 1 is 1.44 bits per heavy atom. The van der Waals surface area contributed by atoms with Crippen molar-refractivity contribution in [1.82, 2.24) is 0 Å². The SMILES string of the molecule is C=COC1(O)CCCC1. The Labute approximate surface area is 55.1 Å². The van der Waals surface area contributed by atoms with Gasteiger partial charge in [-0.1, -0.05) is 6.58 Å². The zero-order valence-electron chi connectivity index (χ0n) is 5.47. The average molecular weight is 128 g/mol. The third kappa shape index (κ3) is 1.45. The summed E-state index contributed by atoms with van der Waals surface area (Å²) in [4.78, 5) is 0. The van der Waals surface area contributed by atoms with E-state index < -0.39 is 5.79 Å². The average Bonchev–Trinajstić information content (AvgIpc) is 2.16. The number of aliphatic hydroxyl groups is 1. The Morgan fingerprint density at radius 3 is 2.44 bits per heavy atom. The van der Waals surface area contributed by atoms with Gasteiger partial charge in [-0.15, -0.1) is 0 Å². The second kappa shape index (κ2) is 2.40. The first-order chi connectivity index (χ1) is 4.27. The molecule has 0 heterocycles. The van der Waals surface area contributed by atoms with Crippen molar-refractivity contribution in [2.45, 2.75) is 31.5 Å². The summed E-state index contributed by atoms with van der Waals surface area (Å²) in [6, 6.07) is 0. The molecule has 0 aliphatic heterocycles. The van der Waals surface area contributed by atoms with Gasteiger partial charge in [-0.25, -0.2) is 0 Å². The molecule has 0 radical (unpaired) electrons. The van der Waals surface area contributed by atoms with Gasteiger partial charge in [-0.05, 0) is 12.8 Å². The van der Waals surface area contributed by atoms with E-state index in [-0.39, 0.29) is 0 Å². The van der Waals surface area contributed by atoms with Crippen LogP contribution < -0.4 is 0 Å². The molecule has 9 heavy (non-hydrogen) atoms. The molecule has 0 spiro atoms. The third-order valence-electron chi connectivity index (χ3n) is 1.69. The maximum Gasteiger partial charge on any atom is 0.207 e. The lowest BCUT2D eigenvalue weighted by atomic mass is 10.2. The summed E-state index contributed by atoms with van der Waals surface area (Å²) >= 11 is 0. The molecular formula is C7H12O2. The highest BCUT2D eigenvalue weighted by Crippen LogP contribution is 2.30.